The maximum absolute atomic E-state index is 14.5. The standard InChI is InChI=1S/C14H16FN5O4/c1-8(21)17-12-3-2-6-19(12)9-4-5-11(10(15)7-9)20-13(16)18-23-14(22)24-20/h4-5,7,12H,2-3,6H2,1H3,(H2,16,18)(H,17,21)/t12-/m1/s1. The molecule has 0 spiro atoms. The van der Waals surface area contributed by atoms with Gasteiger partial charge in [0.15, 0.2) is 5.82 Å². The van der Waals surface area contributed by atoms with Crippen molar-refractivity contribution in [2.75, 3.05) is 16.5 Å². The normalized spacial score (nSPS) is 20.3. The molecule has 1 amide bonds. The molecule has 1 aromatic rings. The smallest absolute Gasteiger partial charge is 0.364 e. The minimum atomic E-state index is -1.11. The Balaban J connectivity index is 1.85. The van der Waals surface area contributed by atoms with E-state index in [9.17, 15) is 14.0 Å². The first-order chi connectivity index (χ1) is 11.5. The highest BCUT2D eigenvalue weighted by atomic mass is 19.1. The SMILES string of the molecule is CC(=O)N[C@H]1CCCN1c1ccc(N2OC(=O)ON=C2N)c(F)c1. The number of hydroxylamine groups is 1. The van der Waals surface area contributed by atoms with Gasteiger partial charge in [-0.15, -0.1) is 5.06 Å². The molecular weight excluding hydrogens is 321 g/mol. The molecule has 1 atom stereocenters. The number of hydrogen-bond acceptors (Lipinski definition) is 8. The number of carbonyl (C=O) groups is 2. The fraction of sp³-hybridized carbons (Fsp3) is 0.357. The van der Waals surface area contributed by atoms with Gasteiger partial charge in [-0.05, 0) is 36.2 Å². The molecule has 1 saturated heterocycles. The molecule has 9 nitrogen and oxygen atoms in total. The number of halogens is 1. The second-order valence-corrected chi connectivity index (χ2v) is 5.36. The Hall–Kier alpha value is -3.04. The van der Waals surface area contributed by atoms with E-state index in [-0.39, 0.29) is 23.7 Å². The van der Waals surface area contributed by atoms with Crippen LogP contribution >= 0.6 is 0 Å². The molecule has 0 saturated carbocycles. The first kappa shape index (κ1) is 15.8. The van der Waals surface area contributed by atoms with Gasteiger partial charge in [-0.2, -0.15) is 4.79 Å². The number of carbonyl (C=O) groups excluding carboxylic acids is 2. The fourth-order valence-electron chi connectivity index (χ4n) is 2.73. The molecule has 0 aromatic heterocycles. The third-order valence-corrected chi connectivity index (χ3v) is 3.69. The van der Waals surface area contributed by atoms with Crippen LogP contribution in [0.25, 0.3) is 0 Å². The van der Waals surface area contributed by atoms with Crippen LogP contribution in [0.5, 0.6) is 0 Å². The van der Waals surface area contributed by atoms with Crippen LogP contribution in [0.1, 0.15) is 19.8 Å². The molecule has 0 radical (unpaired) electrons. The number of nitrogens with one attached hydrogen (secondary N) is 1. The second kappa shape index (κ2) is 6.22. The van der Waals surface area contributed by atoms with Gasteiger partial charge in [-0.25, -0.2) is 4.39 Å². The minimum absolute atomic E-state index is 0.0769. The zero-order valence-corrected chi connectivity index (χ0v) is 12.9. The summed E-state index contributed by atoms with van der Waals surface area (Å²) in [4.78, 5) is 33.2. The van der Waals surface area contributed by atoms with Gasteiger partial charge in [0.05, 0.1) is 0 Å². The van der Waals surface area contributed by atoms with Crippen molar-refractivity contribution in [3.8, 4) is 0 Å². The maximum atomic E-state index is 14.5. The minimum Gasteiger partial charge on any atom is -0.364 e. The molecule has 2 heterocycles. The van der Waals surface area contributed by atoms with Gasteiger partial charge in [-0.3, -0.25) is 14.5 Å². The molecule has 3 rings (SSSR count). The Labute approximate surface area is 136 Å². The molecule has 0 unspecified atom stereocenters. The molecule has 0 bridgehead atoms. The number of benzene rings is 1. The summed E-state index contributed by atoms with van der Waals surface area (Å²) in [7, 11) is 0. The summed E-state index contributed by atoms with van der Waals surface area (Å²) < 4.78 is 14.5. The molecule has 1 aromatic carbocycles. The van der Waals surface area contributed by atoms with E-state index in [1.54, 1.807) is 6.07 Å². The van der Waals surface area contributed by atoms with Crippen LogP contribution < -0.4 is 21.0 Å². The summed E-state index contributed by atoms with van der Waals surface area (Å²) in [5, 5.41) is 6.86. The van der Waals surface area contributed by atoms with Crippen molar-refractivity contribution in [1.82, 2.24) is 5.32 Å². The number of hydrogen-bond donors (Lipinski definition) is 2. The number of guanidine groups is 1. The highest BCUT2D eigenvalue weighted by molar-refractivity contribution is 5.95. The lowest BCUT2D eigenvalue weighted by molar-refractivity contribution is -0.119. The molecule has 0 aliphatic carbocycles. The zero-order valence-electron chi connectivity index (χ0n) is 12.9. The van der Waals surface area contributed by atoms with Crippen molar-refractivity contribution in [3.63, 3.8) is 0 Å². The van der Waals surface area contributed by atoms with Gasteiger partial charge >= 0.3 is 6.16 Å². The molecule has 10 heteroatoms. The van der Waals surface area contributed by atoms with Gasteiger partial charge in [0, 0.05) is 19.2 Å². The zero-order chi connectivity index (χ0) is 17.3. The van der Waals surface area contributed by atoms with E-state index in [2.05, 4.69) is 15.3 Å². The number of nitrogens with zero attached hydrogens (tertiary/aromatic N) is 3. The predicted molar refractivity (Wildman–Crippen MR) is 82.3 cm³/mol. The summed E-state index contributed by atoms with van der Waals surface area (Å²) in [6, 6.07) is 4.34. The lowest BCUT2D eigenvalue weighted by atomic mass is 10.2. The Morgan fingerprint density at radius 2 is 2.29 bits per heavy atom. The molecule has 1 fully saturated rings. The van der Waals surface area contributed by atoms with Crippen LogP contribution in [-0.4, -0.2) is 30.7 Å². The topological polar surface area (TPSA) is 109 Å². The Kier molecular flexibility index (Phi) is 4.11. The van der Waals surface area contributed by atoms with Gasteiger partial charge in [0.1, 0.15) is 11.9 Å². The van der Waals surface area contributed by atoms with E-state index in [4.69, 9.17) is 10.6 Å². The first-order valence-corrected chi connectivity index (χ1v) is 7.31. The predicted octanol–water partition coefficient (Wildman–Crippen LogP) is 1.01. The number of anilines is 2. The van der Waals surface area contributed by atoms with Crippen LogP contribution in [0.15, 0.2) is 23.4 Å². The monoisotopic (exact) mass is 337 g/mol. The van der Waals surface area contributed by atoms with Gasteiger partial charge in [0.25, 0.3) is 5.96 Å². The van der Waals surface area contributed by atoms with Crippen LogP contribution in [0, 0.1) is 5.82 Å². The van der Waals surface area contributed by atoms with E-state index in [0.717, 1.165) is 17.9 Å². The van der Waals surface area contributed by atoms with Crippen LogP contribution in [0.4, 0.5) is 20.6 Å². The number of rotatable bonds is 3. The van der Waals surface area contributed by atoms with Gasteiger partial charge in [0.2, 0.25) is 5.91 Å². The summed E-state index contributed by atoms with van der Waals surface area (Å²) in [5.41, 5.74) is 6.05. The summed E-state index contributed by atoms with van der Waals surface area (Å²) in [6.07, 6.45) is 0.372. The van der Waals surface area contributed by atoms with E-state index in [1.807, 2.05) is 4.90 Å². The fourth-order valence-corrected chi connectivity index (χ4v) is 2.73. The lowest BCUT2D eigenvalue weighted by Crippen LogP contribution is -2.44. The summed E-state index contributed by atoms with van der Waals surface area (Å²) in [6.45, 7) is 2.13. The molecular formula is C14H16FN5O4. The highest BCUT2D eigenvalue weighted by Gasteiger charge is 2.29. The Bertz CT molecular complexity index is 710. The van der Waals surface area contributed by atoms with Crippen molar-refractivity contribution in [2.45, 2.75) is 25.9 Å². The Morgan fingerprint density at radius 3 is 3.00 bits per heavy atom. The first-order valence-electron chi connectivity index (χ1n) is 7.31. The van der Waals surface area contributed by atoms with E-state index in [1.165, 1.54) is 19.1 Å². The average Bonchev–Trinajstić information content (AvgIpc) is 2.97. The van der Waals surface area contributed by atoms with Gasteiger partial charge < -0.3 is 16.0 Å². The highest BCUT2D eigenvalue weighted by Crippen LogP contribution is 2.30. The van der Waals surface area contributed by atoms with Crippen LogP contribution in [0.2, 0.25) is 0 Å². The summed E-state index contributed by atoms with van der Waals surface area (Å²) in [5.74, 6) is -1.11. The average molecular weight is 337 g/mol. The van der Waals surface area contributed by atoms with Crippen molar-refractivity contribution in [2.24, 2.45) is 10.9 Å². The van der Waals surface area contributed by atoms with Crippen LogP contribution in [-0.2, 0) is 14.5 Å². The molecule has 2 aliphatic heterocycles. The molecule has 24 heavy (non-hydrogen) atoms. The quantitative estimate of drug-likeness (QED) is 0.792. The van der Waals surface area contributed by atoms with E-state index < -0.39 is 12.0 Å². The second-order valence-electron chi connectivity index (χ2n) is 5.36. The molecule has 3 N–H and O–H groups in total. The lowest BCUT2D eigenvalue weighted by Gasteiger charge is -2.28. The number of oxime groups is 1. The number of nitrogens with two attached hydrogens (primary N) is 1. The van der Waals surface area contributed by atoms with Crippen molar-refractivity contribution < 1.29 is 23.7 Å². The maximum Gasteiger partial charge on any atom is 0.561 e. The van der Waals surface area contributed by atoms with E-state index >= 15 is 0 Å². The summed E-state index contributed by atoms with van der Waals surface area (Å²) >= 11 is 0. The van der Waals surface area contributed by atoms with Gasteiger partial charge in [-0.1, -0.05) is 0 Å². The Morgan fingerprint density at radius 1 is 1.50 bits per heavy atom. The van der Waals surface area contributed by atoms with Crippen molar-refractivity contribution >= 4 is 29.4 Å². The third-order valence-electron chi connectivity index (χ3n) is 3.69. The van der Waals surface area contributed by atoms with Crippen molar-refractivity contribution in [1.29, 1.82) is 0 Å². The molecule has 2 aliphatic rings. The van der Waals surface area contributed by atoms with Crippen molar-refractivity contribution in [3.05, 3.63) is 24.0 Å². The molecule has 128 valence electrons. The third kappa shape index (κ3) is 3.03. The number of amides is 1. The largest absolute Gasteiger partial charge is 0.561 e. The van der Waals surface area contributed by atoms with Crippen LogP contribution in [0.3, 0.4) is 0 Å². The van der Waals surface area contributed by atoms with E-state index in [0.29, 0.717) is 12.2 Å².